The molecule has 0 bridgehead atoms. The Morgan fingerprint density at radius 3 is 0.944 bits per heavy atom. The van der Waals surface area contributed by atoms with Crippen LogP contribution in [0.2, 0.25) is 0 Å². The summed E-state index contributed by atoms with van der Waals surface area (Å²) >= 11 is 0. The Labute approximate surface area is 428 Å². The fourth-order valence-electron chi connectivity index (χ4n) is 7.93. The average Bonchev–Trinajstić information content (AvgIpc) is 3.71. The summed E-state index contributed by atoms with van der Waals surface area (Å²) in [6, 6.07) is 16.6. The van der Waals surface area contributed by atoms with Crippen molar-refractivity contribution >= 4 is 6.09 Å². The van der Waals surface area contributed by atoms with Crippen molar-refractivity contribution in [3.05, 3.63) is 59.7 Å². The largest absolute Gasteiger partial charge is 0.449 e. The van der Waals surface area contributed by atoms with E-state index in [-0.39, 0.29) is 5.92 Å². The summed E-state index contributed by atoms with van der Waals surface area (Å²) in [6.07, 6.45) is 19.5. The molecule has 0 heterocycles. The zero-order chi connectivity index (χ0) is 50.0. The Kier molecular flexibility index (Phi) is 42.4. The molecule has 1 amide bonds. The third-order valence-electron chi connectivity index (χ3n) is 11.8. The average molecular weight is 1010 g/mol. The normalized spacial score (nSPS) is 12.2. The molecule has 1 aliphatic carbocycles. The highest BCUT2D eigenvalue weighted by Gasteiger charge is 2.29. The molecule has 15 nitrogen and oxygen atoms in total. The van der Waals surface area contributed by atoms with Crippen molar-refractivity contribution in [1.29, 1.82) is 0 Å². The number of carbonyl (C=O) groups excluding carboxylic acids is 1. The summed E-state index contributed by atoms with van der Waals surface area (Å²) in [7, 11) is 0. The first-order valence-corrected chi connectivity index (χ1v) is 27.3. The van der Waals surface area contributed by atoms with E-state index in [1.165, 1.54) is 106 Å². The highest BCUT2D eigenvalue weighted by Crippen LogP contribution is 2.44. The molecule has 2 aromatic carbocycles. The summed E-state index contributed by atoms with van der Waals surface area (Å²) in [5, 5.41) is 2.81. The molecular weight excluding hydrogens is 911 g/mol. The lowest BCUT2D eigenvalue weighted by Gasteiger charge is -2.14. The summed E-state index contributed by atoms with van der Waals surface area (Å²) in [6.45, 7) is 15.8. The molecule has 0 fully saturated rings. The van der Waals surface area contributed by atoms with Crippen molar-refractivity contribution in [2.45, 2.75) is 109 Å². The molecule has 1 aliphatic rings. The van der Waals surface area contributed by atoms with Gasteiger partial charge in [-0.15, -0.1) is 0 Å². The van der Waals surface area contributed by atoms with Crippen LogP contribution in [0.15, 0.2) is 48.5 Å². The minimum atomic E-state index is -0.414. The number of benzene rings is 2. The maximum absolute atomic E-state index is 12.3. The van der Waals surface area contributed by atoms with Crippen molar-refractivity contribution in [3.63, 3.8) is 0 Å². The SMILES string of the molecule is CCCCCCCCCCCCCCCCOCCOCCOCCOCCOCCOCCOCCOCCOCCOCCOCCOCCCNC(=O)OCC1c2ccccc2-c2ccccc21. The Morgan fingerprint density at radius 2 is 0.620 bits per heavy atom. The van der Waals surface area contributed by atoms with Gasteiger partial charge in [-0.2, -0.15) is 0 Å². The van der Waals surface area contributed by atoms with Crippen LogP contribution >= 0.6 is 0 Å². The predicted molar refractivity (Wildman–Crippen MR) is 278 cm³/mol. The molecule has 71 heavy (non-hydrogen) atoms. The first-order valence-electron chi connectivity index (χ1n) is 27.3. The zero-order valence-corrected chi connectivity index (χ0v) is 43.9. The molecular formula is C56H95NO14. The molecule has 0 saturated heterocycles. The maximum Gasteiger partial charge on any atom is 0.407 e. The van der Waals surface area contributed by atoms with Crippen molar-refractivity contribution in [2.24, 2.45) is 0 Å². The van der Waals surface area contributed by atoms with Crippen molar-refractivity contribution in [3.8, 4) is 11.1 Å². The second-order valence-electron chi connectivity index (χ2n) is 17.6. The number of nitrogens with one attached hydrogen (secondary N) is 1. The van der Waals surface area contributed by atoms with E-state index in [1.807, 2.05) is 24.3 Å². The van der Waals surface area contributed by atoms with Gasteiger partial charge in [-0.05, 0) is 35.1 Å². The van der Waals surface area contributed by atoms with Crippen LogP contribution in [0, 0.1) is 0 Å². The van der Waals surface area contributed by atoms with E-state index in [0.717, 1.165) is 13.0 Å². The van der Waals surface area contributed by atoms with Gasteiger partial charge in [-0.3, -0.25) is 0 Å². The summed E-state index contributed by atoms with van der Waals surface area (Å²) < 4.78 is 72.4. The molecule has 0 radical (unpaired) electrons. The van der Waals surface area contributed by atoms with Crippen molar-refractivity contribution in [1.82, 2.24) is 5.32 Å². The van der Waals surface area contributed by atoms with Crippen molar-refractivity contribution in [2.75, 3.05) is 172 Å². The van der Waals surface area contributed by atoms with Gasteiger partial charge in [-0.25, -0.2) is 4.79 Å². The molecule has 0 atom stereocenters. The Morgan fingerprint density at radius 1 is 0.352 bits per heavy atom. The number of hydrogen-bond donors (Lipinski definition) is 1. The quantitative estimate of drug-likeness (QED) is 0.0627. The second kappa shape index (κ2) is 48.2. The lowest BCUT2D eigenvalue weighted by Crippen LogP contribution is -2.27. The number of hydrogen-bond acceptors (Lipinski definition) is 14. The number of unbranched alkanes of at least 4 members (excludes halogenated alkanes) is 13. The van der Waals surface area contributed by atoms with Gasteiger partial charge in [0.05, 0.1) is 145 Å². The number of fused-ring (bicyclic) bond motifs is 3. The molecule has 0 aliphatic heterocycles. The number of ether oxygens (including phenoxy) is 13. The number of carbonyl (C=O) groups is 1. The van der Waals surface area contributed by atoms with Crippen LogP contribution in [0.4, 0.5) is 4.79 Å². The van der Waals surface area contributed by atoms with E-state index in [1.54, 1.807) is 0 Å². The predicted octanol–water partition coefficient (Wildman–Crippen LogP) is 9.60. The standard InChI is InChI=1S/C56H95NO14/c1-2-3-4-5-6-7-8-9-10-11-12-13-14-19-26-59-28-30-61-32-34-63-36-38-65-40-42-67-44-46-69-48-49-70-47-45-68-43-41-66-39-37-64-35-33-62-31-29-60-27-20-25-57-56(58)71-50-55-53-23-17-15-21-51(53)52-22-16-18-24-54(52)55/h15-18,21-24,55H,2-14,19-20,25-50H2,1H3,(H,57,58). The number of alkyl carbamates (subject to hydrolysis) is 1. The van der Waals surface area contributed by atoms with E-state index in [2.05, 4.69) is 36.5 Å². The minimum Gasteiger partial charge on any atom is -0.449 e. The lowest BCUT2D eigenvalue weighted by atomic mass is 9.98. The molecule has 2 aromatic rings. The molecule has 1 N–H and O–H groups in total. The van der Waals surface area contributed by atoms with Crippen LogP contribution in [-0.2, 0) is 61.6 Å². The molecule has 0 saturated carbocycles. The molecule has 15 heteroatoms. The summed E-state index contributed by atoms with van der Waals surface area (Å²) in [5.74, 6) is 0.0479. The molecule has 408 valence electrons. The first-order chi connectivity index (χ1) is 35.3. The van der Waals surface area contributed by atoms with Gasteiger partial charge in [0.2, 0.25) is 0 Å². The summed E-state index contributed by atoms with van der Waals surface area (Å²) in [5.41, 5.74) is 4.81. The Hall–Kier alpha value is -2.77. The molecule has 3 rings (SSSR count). The van der Waals surface area contributed by atoms with Crippen LogP contribution in [0.5, 0.6) is 0 Å². The molecule has 0 unspecified atom stereocenters. The van der Waals surface area contributed by atoms with Gasteiger partial charge in [0.25, 0.3) is 0 Å². The van der Waals surface area contributed by atoms with Crippen molar-refractivity contribution < 1.29 is 66.4 Å². The van der Waals surface area contributed by atoms with E-state index in [4.69, 9.17) is 61.6 Å². The van der Waals surface area contributed by atoms with E-state index in [0.29, 0.717) is 172 Å². The topological polar surface area (TPSA) is 149 Å². The smallest absolute Gasteiger partial charge is 0.407 e. The van der Waals surface area contributed by atoms with Gasteiger partial charge in [-0.1, -0.05) is 139 Å². The number of amides is 1. The monoisotopic (exact) mass is 1010 g/mol. The number of rotatable bonds is 54. The van der Waals surface area contributed by atoms with Crippen LogP contribution in [0.3, 0.4) is 0 Å². The third kappa shape index (κ3) is 35.1. The Bertz CT molecular complexity index is 1430. The second-order valence-corrected chi connectivity index (χ2v) is 17.6. The summed E-state index contributed by atoms with van der Waals surface area (Å²) in [4.78, 5) is 12.3. The third-order valence-corrected chi connectivity index (χ3v) is 11.8. The minimum absolute atomic E-state index is 0.0479. The van der Waals surface area contributed by atoms with E-state index < -0.39 is 6.09 Å². The van der Waals surface area contributed by atoms with Crippen LogP contribution < -0.4 is 5.32 Å². The van der Waals surface area contributed by atoms with Gasteiger partial charge in [0.15, 0.2) is 0 Å². The highest BCUT2D eigenvalue weighted by molar-refractivity contribution is 5.79. The van der Waals surface area contributed by atoms with Crippen LogP contribution in [0.25, 0.3) is 11.1 Å². The maximum atomic E-state index is 12.3. The Balaban J connectivity index is 0.884. The molecule has 0 spiro atoms. The first kappa shape index (κ1) is 62.5. The van der Waals surface area contributed by atoms with Gasteiger partial charge < -0.3 is 66.9 Å². The fraction of sp³-hybridized carbons (Fsp3) is 0.768. The highest BCUT2D eigenvalue weighted by atomic mass is 16.6. The van der Waals surface area contributed by atoms with Gasteiger partial charge in [0.1, 0.15) is 6.61 Å². The van der Waals surface area contributed by atoms with Gasteiger partial charge >= 0.3 is 6.09 Å². The van der Waals surface area contributed by atoms with Crippen LogP contribution in [-0.4, -0.2) is 178 Å². The van der Waals surface area contributed by atoms with E-state index >= 15 is 0 Å². The van der Waals surface area contributed by atoms with Crippen LogP contribution in [0.1, 0.15) is 120 Å². The fourth-order valence-corrected chi connectivity index (χ4v) is 7.93. The van der Waals surface area contributed by atoms with Gasteiger partial charge in [0, 0.05) is 25.7 Å². The van der Waals surface area contributed by atoms with E-state index in [9.17, 15) is 4.79 Å². The lowest BCUT2D eigenvalue weighted by molar-refractivity contribution is -0.0283. The molecule has 0 aromatic heterocycles. The zero-order valence-electron chi connectivity index (χ0n) is 43.9.